The zero-order chi connectivity index (χ0) is 13.0. The van der Waals surface area contributed by atoms with E-state index in [0.29, 0.717) is 0 Å². The van der Waals surface area contributed by atoms with Gasteiger partial charge in [0.25, 0.3) is 0 Å². The van der Waals surface area contributed by atoms with Crippen LogP contribution in [0.15, 0.2) is 18.2 Å². The highest BCUT2D eigenvalue weighted by atomic mass is 16.5. The Kier molecular flexibility index (Phi) is 2.25. The van der Waals surface area contributed by atoms with Gasteiger partial charge in [-0.2, -0.15) is 0 Å². The Morgan fingerprint density at radius 3 is 2.61 bits per heavy atom. The van der Waals surface area contributed by atoms with Crippen LogP contribution in [0.5, 0.6) is 5.75 Å². The van der Waals surface area contributed by atoms with Crippen LogP contribution < -0.4 is 4.74 Å². The molecule has 1 aromatic rings. The van der Waals surface area contributed by atoms with Crippen molar-refractivity contribution in [2.75, 3.05) is 0 Å². The molecule has 0 spiro atoms. The Hall–Kier alpha value is -1.51. The second-order valence-corrected chi connectivity index (χ2v) is 6.10. The van der Waals surface area contributed by atoms with Crippen LogP contribution in [0.1, 0.15) is 44.2 Å². The van der Waals surface area contributed by atoms with Crippen molar-refractivity contribution in [1.29, 1.82) is 0 Å². The maximum Gasteiger partial charge on any atom is 0.314 e. The summed E-state index contributed by atoms with van der Waals surface area (Å²) in [5.41, 5.74) is 1.25. The molecule has 1 aromatic carbocycles. The van der Waals surface area contributed by atoms with Crippen LogP contribution in [-0.2, 0) is 16.6 Å². The number of aliphatic carboxylic acids is 1. The molecule has 1 N–H and O–H groups in total. The maximum atomic E-state index is 11.5. The molecule has 1 heterocycles. The van der Waals surface area contributed by atoms with E-state index in [9.17, 15) is 9.90 Å². The fourth-order valence-electron chi connectivity index (χ4n) is 3.04. The summed E-state index contributed by atoms with van der Waals surface area (Å²) in [7, 11) is 0. The van der Waals surface area contributed by atoms with Gasteiger partial charge in [0.15, 0.2) is 0 Å². The summed E-state index contributed by atoms with van der Waals surface area (Å²) < 4.78 is 5.89. The Morgan fingerprint density at radius 2 is 2.06 bits per heavy atom. The normalized spacial score (nSPS) is 22.8. The molecular formula is C15H18O3. The number of carboxylic acids is 1. The van der Waals surface area contributed by atoms with Crippen molar-refractivity contribution in [3.05, 3.63) is 29.3 Å². The predicted octanol–water partition coefficient (Wildman–Crippen LogP) is 2.91. The lowest BCUT2D eigenvalue weighted by Gasteiger charge is -2.38. The average molecular weight is 246 g/mol. The molecule has 0 atom stereocenters. The van der Waals surface area contributed by atoms with E-state index in [0.717, 1.165) is 37.0 Å². The van der Waals surface area contributed by atoms with Gasteiger partial charge in [0.2, 0.25) is 0 Å². The SMILES string of the molecule is CC1(C)Cc2ccc(C3(C(=O)O)CCC3)cc2O1. The smallest absolute Gasteiger partial charge is 0.314 e. The van der Waals surface area contributed by atoms with E-state index < -0.39 is 11.4 Å². The quantitative estimate of drug-likeness (QED) is 0.872. The second-order valence-electron chi connectivity index (χ2n) is 6.10. The van der Waals surface area contributed by atoms with Crippen LogP contribution in [0, 0.1) is 0 Å². The Balaban J connectivity index is 2.00. The number of carboxylic acid groups (broad SMARTS) is 1. The average Bonchev–Trinajstić information content (AvgIpc) is 2.48. The summed E-state index contributed by atoms with van der Waals surface area (Å²) >= 11 is 0. The fourth-order valence-corrected chi connectivity index (χ4v) is 3.04. The molecule has 0 saturated heterocycles. The standard InChI is InChI=1S/C15H18O3/c1-14(2)9-10-4-5-11(8-12(10)18-14)15(13(16)17)6-3-7-15/h4-5,8H,3,6-7,9H2,1-2H3,(H,16,17). The van der Waals surface area contributed by atoms with E-state index >= 15 is 0 Å². The third-order valence-electron chi connectivity index (χ3n) is 4.24. The van der Waals surface area contributed by atoms with Crippen molar-refractivity contribution in [1.82, 2.24) is 0 Å². The highest BCUT2D eigenvalue weighted by Crippen LogP contribution is 2.46. The lowest BCUT2D eigenvalue weighted by molar-refractivity contribution is -0.147. The van der Waals surface area contributed by atoms with Gasteiger partial charge in [-0.25, -0.2) is 0 Å². The topological polar surface area (TPSA) is 46.5 Å². The van der Waals surface area contributed by atoms with E-state index in [1.807, 2.05) is 18.2 Å². The number of carbonyl (C=O) groups is 1. The van der Waals surface area contributed by atoms with Gasteiger partial charge in [-0.05, 0) is 43.9 Å². The Bertz CT molecular complexity index is 512. The first-order valence-electron chi connectivity index (χ1n) is 6.49. The molecule has 1 aliphatic carbocycles. The molecule has 0 unspecified atom stereocenters. The van der Waals surface area contributed by atoms with E-state index in [4.69, 9.17) is 4.74 Å². The van der Waals surface area contributed by atoms with Crippen LogP contribution in [0.3, 0.4) is 0 Å². The number of hydrogen-bond acceptors (Lipinski definition) is 2. The van der Waals surface area contributed by atoms with Gasteiger partial charge in [0.1, 0.15) is 11.4 Å². The van der Waals surface area contributed by atoms with Gasteiger partial charge in [-0.15, -0.1) is 0 Å². The fraction of sp³-hybridized carbons (Fsp3) is 0.533. The summed E-state index contributed by atoms with van der Waals surface area (Å²) in [4.78, 5) is 11.5. The van der Waals surface area contributed by atoms with Crippen LogP contribution in [0.2, 0.25) is 0 Å². The van der Waals surface area contributed by atoms with E-state index in [1.165, 1.54) is 5.56 Å². The summed E-state index contributed by atoms with van der Waals surface area (Å²) in [5, 5.41) is 9.45. The molecule has 1 fully saturated rings. The molecule has 0 aromatic heterocycles. The van der Waals surface area contributed by atoms with Gasteiger partial charge >= 0.3 is 5.97 Å². The van der Waals surface area contributed by atoms with Crippen LogP contribution >= 0.6 is 0 Å². The number of hydrogen-bond donors (Lipinski definition) is 1. The molecule has 0 bridgehead atoms. The minimum atomic E-state index is -0.703. The monoisotopic (exact) mass is 246 g/mol. The first kappa shape index (κ1) is 11.6. The molecular weight excluding hydrogens is 228 g/mol. The molecule has 3 rings (SSSR count). The molecule has 0 radical (unpaired) electrons. The molecule has 96 valence electrons. The van der Waals surface area contributed by atoms with Gasteiger partial charge in [-0.3, -0.25) is 4.79 Å². The molecule has 3 heteroatoms. The van der Waals surface area contributed by atoms with Crippen molar-refractivity contribution < 1.29 is 14.6 Å². The van der Waals surface area contributed by atoms with E-state index in [-0.39, 0.29) is 5.60 Å². The van der Waals surface area contributed by atoms with Gasteiger partial charge < -0.3 is 9.84 Å². The van der Waals surface area contributed by atoms with E-state index in [1.54, 1.807) is 0 Å². The first-order chi connectivity index (χ1) is 8.43. The van der Waals surface area contributed by atoms with Crippen molar-refractivity contribution in [2.24, 2.45) is 0 Å². The third-order valence-corrected chi connectivity index (χ3v) is 4.24. The van der Waals surface area contributed by atoms with Crippen molar-refractivity contribution in [3.63, 3.8) is 0 Å². The summed E-state index contributed by atoms with van der Waals surface area (Å²) in [6.07, 6.45) is 3.37. The molecule has 2 aliphatic rings. The van der Waals surface area contributed by atoms with Gasteiger partial charge in [0, 0.05) is 6.42 Å². The van der Waals surface area contributed by atoms with Crippen molar-refractivity contribution in [2.45, 2.75) is 50.5 Å². The zero-order valence-electron chi connectivity index (χ0n) is 10.8. The molecule has 3 nitrogen and oxygen atoms in total. The van der Waals surface area contributed by atoms with Gasteiger partial charge in [0.05, 0.1) is 5.41 Å². The molecule has 1 saturated carbocycles. The van der Waals surface area contributed by atoms with Crippen LogP contribution in [-0.4, -0.2) is 16.7 Å². The molecule has 0 amide bonds. The molecule has 18 heavy (non-hydrogen) atoms. The van der Waals surface area contributed by atoms with Crippen molar-refractivity contribution in [3.8, 4) is 5.75 Å². The number of ether oxygens (including phenoxy) is 1. The number of benzene rings is 1. The number of rotatable bonds is 2. The highest BCUT2D eigenvalue weighted by molar-refractivity contribution is 5.82. The number of fused-ring (bicyclic) bond motifs is 1. The largest absolute Gasteiger partial charge is 0.487 e. The van der Waals surface area contributed by atoms with Crippen LogP contribution in [0.25, 0.3) is 0 Å². The van der Waals surface area contributed by atoms with Gasteiger partial charge in [-0.1, -0.05) is 18.6 Å². The van der Waals surface area contributed by atoms with Crippen molar-refractivity contribution >= 4 is 5.97 Å². The minimum absolute atomic E-state index is 0.170. The third kappa shape index (κ3) is 1.53. The van der Waals surface area contributed by atoms with E-state index in [2.05, 4.69) is 13.8 Å². The van der Waals surface area contributed by atoms with Crippen LogP contribution in [0.4, 0.5) is 0 Å². The Morgan fingerprint density at radius 1 is 1.33 bits per heavy atom. The first-order valence-corrected chi connectivity index (χ1v) is 6.49. The zero-order valence-corrected chi connectivity index (χ0v) is 10.8. The predicted molar refractivity (Wildman–Crippen MR) is 68.0 cm³/mol. The summed E-state index contributed by atoms with van der Waals surface area (Å²) in [6, 6.07) is 5.94. The maximum absolute atomic E-state index is 11.5. The lowest BCUT2D eigenvalue weighted by Crippen LogP contribution is -2.42. The highest BCUT2D eigenvalue weighted by Gasteiger charge is 2.46. The summed E-state index contributed by atoms with van der Waals surface area (Å²) in [6.45, 7) is 4.12. The lowest BCUT2D eigenvalue weighted by atomic mass is 9.64. The molecule has 1 aliphatic heterocycles. The minimum Gasteiger partial charge on any atom is -0.487 e. The Labute approximate surface area is 107 Å². The second kappa shape index (κ2) is 3.50. The summed E-state index contributed by atoms with van der Waals surface area (Å²) in [5.74, 6) is 0.163.